The number of amides is 1. The number of carbonyl (C=O) groups is 1. The van der Waals surface area contributed by atoms with E-state index in [2.05, 4.69) is 20.6 Å². The van der Waals surface area contributed by atoms with Gasteiger partial charge in [-0.2, -0.15) is 0 Å². The van der Waals surface area contributed by atoms with Crippen molar-refractivity contribution in [1.82, 2.24) is 20.6 Å². The summed E-state index contributed by atoms with van der Waals surface area (Å²) >= 11 is 0. The van der Waals surface area contributed by atoms with E-state index in [1.165, 1.54) is 0 Å². The van der Waals surface area contributed by atoms with E-state index in [-0.39, 0.29) is 12.5 Å². The number of hydrogen-bond acceptors (Lipinski definition) is 4. The van der Waals surface area contributed by atoms with E-state index in [0.717, 1.165) is 17.0 Å². The van der Waals surface area contributed by atoms with Gasteiger partial charge in [0.05, 0.1) is 17.9 Å². The molecule has 0 saturated carbocycles. The molecule has 1 amide bonds. The lowest BCUT2D eigenvalue weighted by molar-refractivity contribution is -0.120. The van der Waals surface area contributed by atoms with Crippen LogP contribution in [0, 0.1) is 6.92 Å². The first-order valence-electron chi connectivity index (χ1n) is 6.53. The quantitative estimate of drug-likeness (QED) is 0.827. The number of aryl methyl sites for hydroxylation is 1. The topological polar surface area (TPSA) is 66.9 Å². The average Bonchev–Trinajstić information content (AvgIpc) is 2.48. The summed E-state index contributed by atoms with van der Waals surface area (Å²) in [5, 5.41) is 5.90. The number of rotatable bonds is 6. The molecule has 0 radical (unpaired) electrons. The van der Waals surface area contributed by atoms with Gasteiger partial charge in [-0.15, -0.1) is 0 Å². The van der Waals surface area contributed by atoms with Crippen LogP contribution in [0.5, 0.6) is 0 Å². The Morgan fingerprint density at radius 1 is 1.10 bits per heavy atom. The van der Waals surface area contributed by atoms with Gasteiger partial charge in [0, 0.05) is 25.5 Å². The lowest BCUT2D eigenvalue weighted by Gasteiger charge is -2.06. The van der Waals surface area contributed by atoms with E-state index in [1.54, 1.807) is 12.4 Å². The van der Waals surface area contributed by atoms with E-state index in [9.17, 15) is 4.79 Å². The molecule has 1 heterocycles. The molecule has 1 aromatic carbocycles. The zero-order valence-electron chi connectivity index (χ0n) is 11.5. The summed E-state index contributed by atoms with van der Waals surface area (Å²) < 4.78 is 0. The largest absolute Gasteiger partial charge is 0.351 e. The Balaban J connectivity index is 1.66. The number of benzene rings is 1. The van der Waals surface area contributed by atoms with E-state index in [1.807, 2.05) is 37.3 Å². The number of carbonyl (C=O) groups excluding carboxylic acids is 1. The zero-order chi connectivity index (χ0) is 14.2. The highest BCUT2D eigenvalue weighted by atomic mass is 16.1. The fourth-order valence-electron chi connectivity index (χ4n) is 1.67. The highest BCUT2D eigenvalue weighted by Gasteiger charge is 2.01. The maximum atomic E-state index is 11.7. The van der Waals surface area contributed by atoms with Crippen LogP contribution in [0.15, 0.2) is 42.7 Å². The van der Waals surface area contributed by atoms with Gasteiger partial charge < -0.3 is 10.6 Å². The predicted octanol–water partition coefficient (Wildman–Crippen LogP) is 1.19. The molecule has 2 rings (SSSR count). The number of nitrogens with one attached hydrogen (secondary N) is 2. The van der Waals surface area contributed by atoms with Crippen LogP contribution in [-0.4, -0.2) is 22.4 Å². The SMILES string of the molecule is Cc1cnc(CNCC(=O)NCc2ccccc2)cn1. The Hall–Kier alpha value is -2.27. The van der Waals surface area contributed by atoms with Crippen LogP contribution < -0.4 is 10.6 Å². The third-order valence-electron chi connectivity index (χ3n) is 2.76. The van der Waals surface area contributed by atoms with Crippen molar-refractivity contribution in [3.8, 4) is 0 Å². The molecule has 20 heavy (non-hydrogen) atoms. The molecule has 0 aliphatic carbocycles. The van der Waals surface area contributed by atoms with Gasteiger partial charge in [0.25, 0.3) is 0 Å². The van der Waals surface area contributed by atoms with Crippen LogP contribution in [0.3, 0.4) is 0 Å². The lowest BCUT2D eigenvalue weighted by atomic mass is 10.2. The maximum absolute atomic E-state index is 11.7. The first-order valence-corrected chi connectivity index (χ1v) is 6.53. The van der Waals surface area contributed by atoms with E-state index >= 15 is 0 Å². The van der Waals surface area contributed by atoms with Gasteiger partial charge in [-0.25, -0.2) is 0 Å². The van der Waals surface area contributed by atoms with Crippen molar-refractivity contribution in [2.24, 2.45) is 0 Å². The molecule has 0 aliphatic heterocycles. The first-order chi connectivity index (χ1) is 9.74. The van der Waals surface area contributed by atoms with E-state index in [4.69, 9.17) is 0 Å². The lowest BCUT2D eigenvalue weighted by Crippen LogP contribution is -2.33. The highest BCUT2D eigenvalue weighted by molar-refractivity contribution is 5.77. The normalized spacial score (nSPS) is 10.2. The van der Waals surface area contributed by atoms with Crippen LogP contribution in [-0.2, 0) is 17.9 Å². The molecule has 0 atom stereocenters. The van der Waals surface area contributed by atoms with Crippen molar-refractivity contribution < 1.29 is 4.79 Å². The van der Waals surface area contributed by atoms with E-state index < -0.39 is 0 Å². The summed E-state index contributed by atoms with van der Waals surface area (Å²) in [6.07, 6.45) is 3.43. The second-order valence-corrected chi connectivity index (χ2v) is 4.51. The first kappa shape index (κ1) is 14.1. The predicted molar refractivity (Wildman–Crippen MR) is 76.8 cm³/mol. The van der Waals surface area contributed by atoms with Gasteiger partial charge >= 0.3 is 0 Å². The molecule has 2 aromatic rings. The zero-order valence-corrected chi connectivity index (χ0v) is 11.5. The number of aromatic nitrogens is 2. The molecule has 5 heteroatoms. The molecule has 2 N–H and O–H groups in total. The summed E-state index contributed by atoms with van der Waals surface area (Å²) in [4.78, 5) is 20.0. The minimum Gasteiger partial charge on any atom is -0.351 e. The third-order valence-corrected chi connectivity index (χ3v) is 2.76. The number of hydrogen-bond donors (Lipinski definition) is 2. The minimum atomic E-state index is -0.0334. The Morgan fingerprint density at radius 3 is 2.60 bits per heavy atom. The van der Waals surface area contributed by atoms with Gasteiger partial charge in [-0.05, 0) is 12.5 Å². The van der Waals surface area contributed by atoms with Gasteiger partial charge in [0.2, 0.25) is 5.91 Å². The Bertz CT molecular complexity index is 540. The Kier molecular flexibility index (Phi) is 5.20. The molecular formula is C15H18N4O. The Morgan fingerprint density at radius 2 is 1.90 bits per heavy atom. The summed E-state index contributed by atoms with van der Waals surface area (Å²) in [6, 6.07) is 9.83. The minimum absolute atomic E-state index is 0.0334. The molecule has 5 nitrogen and oxygen atoms in total. The molecule has 0 fully saturated rings. The van der Waals surface area contributed by atoms with Gasteiger partial charge in [-0.1, -0.05) is 30.3 Å². The molecule has 1 aromatic heterocycles. The third kappa shape index (κ3) is 4.78. The summed E-state index contributed by atoms with van der Waals surface area (Å²) in [6.45, 7) is 3.24. The summed E-state index contributed by atoms with van der Waals surface area (Å²) in [7, 11) is 0. The molecule has 0 aliphatic rings. The van der Waals surface area contributed by atoms with Crippen LogP contribution in [0.2, 0.25) is 0 Å². The molecule has 0 unspecified atom stereocenters. The van der Waals surface area contributed by atoms with Crippen LogP contribution in [0.1, 0.15) is 17.0 Å². The second-order valence-electron chi connectivity index (χ2n) is 4.51. The Labute approximate surface area is 118 Å². The van der Waals surface area contributed by atoms with Crippen molar-refractivity contribution in [1.29, 1.82) is 0 Å². The van der Waals surface area contributed by atoms with Crippen LogP contribution >= 0.6 is 0 Å². The average molecular weight is 270 g/mol. The van der Waals surface area contributed by atoms with Gasteiger partial charge in [0.1, 0.15) is 0 Å². The van der Waals surface area contributed by atoms with Crippen molar-refractivity contribution in [2.75, 3.05) is 6.54 Å². The monoisotopic (exact) mass is 270 g/mol. The highest BCUT2D eigenvalue weighted by Crippen LogP contribution is 1.97. The van der Waals surface area contributed by atoms with Crippen molar-refractivity contribution in [3.63, 3.8) is 0 Å². The van der Waals surface area contributed by atoms with Gasteiger partial charge in [-0.3, -0.25) is 14.8 Å². The fraction of sp³-hybridized carbons (Fsp3) is 0.267. The molecule has 0 spiro atoms. The van der Waals surface area contributed by atoms with Crippen LogP contribution in [0.25, 0.3) is 0 Å². The van der Waals surface area contributed by atoms with E-state index in [0.29, 0.717) is 13.1 Å². The van der Waals surface area contributed by atoms with Crippen LogP contribution in [0.4, 0.5) is 0 Å². The fourth-order valence-corrected chi connectivity index (χ4v) is 1.67. The molecule has 104 valence electrons. The second kappa shape index (κ2) is 7.35. The maximum Gasteiger partial charge on any atom is 0.234 e. The summed E-state index contributed by atoms with van der Waals surface area (Å²) in [5.41, 5.74) is 2.80. The number of nitrogens with zero attached hydrogens (tertiary/aromatic N) is 2. The molecule has 0 saturated heterocycles. The molecule has 0 bridgehead atoms. The standard InChI is InChI=1S/C15H18N4O/c1-12-7-18-14(10-17-12)9-16-11-15(20)19-8-13-5-3-2-4-6-13/h2-7,10,16H,8-9,11H2,1H3,(H,19,20). The van der Waals surface area contributed by atoms with Crippen molar-refractivity contribution in [2.45, 2.75) is 20.0 Å². The van der Waals surface area contributed by atoms with Crippen molar-refractivity contribution >= 4 is 5.91 Å². The van der Waals surface area contributed by atoms with Crippen molar-refractivity contribution in [3.05, 3.63) is 59.7 Å². The smallest absolute Gasteiger partial charge is 0.234 e. The van der Waals surface area contributed by atoms with Gasteiger partial charge in [0.15, 0.2) is 0 Å². The molecular weight excluding hydrogens is 252 g/mol. The summed E-state index contributed by atoms with van der Waals surface area (Å²) in [5.74, 6) is -0.0334.